The molecule has 11 nitrogen and oxygen atoms in total. The minimum absolute atomic E-state index is 0.0354. The van der Waals surface area contributed by atoms with E-state index in [-0.39, 0.29) is 23.5 Å². The third-order valence-corrected chi connectivity index (χ3v) is 9.12. The molecule has 2 aliphatic heterocycles. The highest BCUT2D eigenvalue weighted by Crippen LogP contribution is 2.33. The number of likely N-dealkylation sites (tertiary alicyclic amines) is 1. The van der Waals surface area contributed by atoms with Crippen molar-refractivity contribution in [3.63, 3.8) is 0 Å². The van der Waals surface area contributed by atoms with Gasteiger partial charge in [-0.3, -0.25) is 19.4 Å². The number of aromatic nitrogens is 3. The molecule has 2 aromatic heterocycles. The number of nitrogens with one attached hydrogen (secondary N) is 1. The Bertz CT molecular complexity index is 1530. The molecule has 1 aromatic carbocycles. The molecule has 47 heavy (non-hydrogen) atoms. The number of nitrogens with zero attached hydrogens (tertiary/aromatic N) is 6. The zero-order chi connectivity index (χ0) is 33.5. The van der Waals surface area contributed by atoms with Gasteiger partial charge in [-0.1, -0.05) is 30.1 Å². The number of benzene rings is 1. The summed E-state index contributed by atoms with van der Waals surface area (Å²) in [6.07, 6.45) is 5.42. The molecule has 2 aliphatic rings. The van der Waals surface area contributed by atoms with Crippen molar-refractivity contribution in [1.82, 2.24) is 30.1 Å². The van der Waals surface area contributed by atoms with Crippen molar-refractivity contribution >= 4 is 41.0 Å². The van der Waals surface area contributed by atoms with Gasteiger partial charge in [-0.05, 0) is 69.1 Å². The van der Waals surface area contributed by atoms with Crippen LogP contribution in [0.3, 0.4) is 0 Å². The fraction of sp³-hybridized carbons (Fsp3) is 0.485. The number of piperidine rings is 1. The fourth-order valence-corrected chi connectivity index (χ4v) is 6.30. The summed E-state index contributed by atoms with van der Waals surface area (Å²) in [5.41, 5.74) is 1.52. The number of carbonyl (C=O) groups excluding carboxylic acids is 1. The van der Waals surface area contributed by atoms with E-state index in [1.807, 2.05) is 0 Å². The van der Waals surface area contributed by atoms with Gasteiger partial charge in [0.25, 0.3) is 5.88 Å². The first-order valence-electron chi connectivity index (χ1n) is 15.9. The SMILES string of the molecule is CC(=O)NCC1CCN(Cc2cc(-c3cc(Cl)cc(Cl)c3)nc(Oc3cnc(N4CCN(CCC(C)C(=O)O)CC4)nc3)c2F)CC1. The molecule has 3 aromatic rings. The molecule has 252 valence electrons. The maximum absolute atomic E-state index is 16.0. The van der Waals surface area contributed by atoms with Gasteiger partial charge in [-0.15, -0.1) is 0 Å². The lowest BCUT2D eigenvalue weighted by molar-refractivity contribution is -0.141. The normalized spacial score (nSPS) is 17.0. The fourth-order valence-electron chi connectivity index (χ4n) is 5.77. The predicted octanol–water partition coefficient (Wildman–Crippen LogP) is 5.36. The van der Waals surface area contributed by atoms with Crippen LogP contribution in [0.1, 0.15) is 38.7 Å². The number of carbonyl (C=O) groups is 2. The molecule has 2 fully saturated rings. The number of rotatable bonds is 12. The molecular weight excluding hydrogens is 648 g/mol. The Morgan fingerprint density at radius 3 is 2.30 bits per heavy atom. The minimum Gasteiger partial charge on any atom is -0.481 e. The summed E-state index contributed by atoms with van der Waals surface area (Å²) < 4.78 is 22.0. The Morgan fingerprint density at radius 1 is 1.02 bits per heavy atom. The van der Waals surface area contributed by atoms with Gasteiger partial charge >= 0.3 is 5.97 Å². The van der Waals surface area contributed by atoms with Gasteiger partial charge in [0, 0.05) is 67.4 Å². The number of carboxylic acids is 1. The molecule has 2 saturated heterocycles. The highest BCUT2D eigenvalue weighted by atomic mass is 35.5. The first-order chi connectivity index (χ1) is 22.5. The molecule has 4 heterocycles. The molecule has 1 atom stereocenters. The number of amides is 1. The van der Waals surface area contributed by atoms with Crippen LogP contribution in [0.2, 0.25) is 10.0 Å². The van der Waals surface area contributed by atoms with Gasteiger partial charge in [0.15, 0.2) is 11.6 Å². The highest BCUT2D eigenvalue weighted by Gasteiger charge is 2.24. The molecule has 1 amide bonds. The third kappa shape index (κ3) is 9.72. The largest absolute Gasteiger partial charge is 0.481 e. The number of halogens is 3. The molecule has 0 radical (unpaired) electrons. The summed E-state index contributed by atoms with van der Waals surface area (Å²) in [5, 5.41) is 12.9. The van der Waals surface area contributed by atoms with Crippen molar-refractivity contribution in [2.24, 2.45) is 11.8 Å². The third-order valence-electron chi connectivity index (χ3n) is 8.69. The van der Waals surface area contributed by atoms with Gasteiger partial charge in [0.2, 0.25) is 11.9 Å². The van der Waals surface area contributed by atoms with E-state index in [1.165, 1.54) is 19.3 Å². The number of aliphatic carboxylic acids is 1. The number of hydrogen-bond donors (Lipinski definition) is 2. The number of anilines is 1. The quantitative estimate of drug-likeness (QED) is 0.257. The van der Waals surface area contributed by atoms with Crippen LogP contribution in [-0.2, 0) is 16.1 Å². The maximum Gasteiger partial charge on any atom is 0.306 e. The van der Waals surface area contributed by atoms with Crippen LogP contribution in [0, 0.1) is 17.7 Å². The summed E-state index contributed by atoms with van der Waals surface area (Å²) in [5.74, 6) is -0.784. The van der Waals surface area contributed by atoms with Gasteiger partial charge < -0.3 is 20.1 Å². The van der Waals surface area contributed by atoms with E-state index in [0.717, 1.165) is 45.6 Å². The Kier molecular flexibility index (Phi) is 11.8. The molecule has 5 rings (SSSR count). The van der Waals surface area contributed by atoms with E-state index in [2.05, 4.69) is 35.0 Å². The Balaban J connectivity index is 1.28. The van der Waals surface area contributed by atoms with Crippen molar-refractivity contribution in [3.8, 4) is 22.9 Å². The van der Waals surface area contributed by atoms with E-state index in [9.17, 15) is 9.59 Å². The zero-order valence-electron chi connectivity index (χ0n) is 26.6. The lowest BCUT2D eigenvalue weighted by atomic mass is 9.96. The van der Waals surface area contributed by atoms with Crippen LogP contribution in [-0.4, -0.2) is 94.1 Å². The average molecular weight is 689 g/mol. The molecular formula is C33H40Cl2FN7O4. The number of pyridine rings is 1. The van der Waals surface area contributed by atoms with Gasteiger partial charge in [-0.25, -0.2) is 19.3 Å². The topological polar surface area (TPSA) is 124 Å². The minimum atomic E-state index is -0.775. The van der Waals surface area contributed by atoms with Gasteiger partial charge in [-0.2, -0.15) is 0 Å². The lowest BCUT2D eigenvalue weighted by Gasteiger charge is -2.34. The summed E-state index contributed by atoms with van der Waals surface area (Å²) in [4.78, 5) is 42.4. The zero-order valence-corrected chi connectivity index (χ0v) is 28.1. The van der Waals surface area contributed by atoms with Crippen LogP contribution in [0.5, 0.6) is 11.6 Å². The monoisotopic (exact) mass is 687 g/mol. The van der Waals surface area contributed by atoms with Crippen molar-refractivity contribution in [2.45, 2.75) is 39.7 Å². The molecule has 14 heteroatoms. The van der Waals surface area contributed by atoms with Crippen molar-refractivity contribution in [1.29, 1.82) is 0 Å². The summed E-state index contributed by atoms with van der Waals surface area (Å²) in [7, 11) is 0. The summed E-state index contributed by atoms with van der Waals surface area (Å²) in [6, 6.07) is 6.77. The first-order valence-corrected chi connectivity index (χ1v) is 16.6. The van der Waals surface area contributed by atoms with Crippen molar-refractivity contribution in [2.75, 3.05) is 57.3 Å². The summed E-state index contributed by atoms with van der Waals surface area (Å²) in [6.45, 7) is 9.48. The Labute approximate surface area is 284 Å². The summed E-state index contributed by atoms with van der Waals surface area (Å²) >= 11 is 12.6. The molecule has 0 bridgehead atoms. The van der Waals surface area contributed by atoms with Crippen LogP contribution in [0.25, 0.3) is 11.3 Å². The van der Waals surface area contributed by atoms with E-state index < -0.39 is 11.8 Å². The number of hydrogen-bond acceptors (Lipinski definition) is 9. The second-order valence-electron chi connectivity index (χ2n) is 12.3. The Hall–Kier alpha value is -3.58. The lowest BCUT2D eigenvalue weighted by Crippen LogP contribution is -2.47. The van der Waals surface area contributed by atoms with Gasteiger partial charge in [0.1, 0.15) is 0 Å². The molecule has 0 spiro atoms. The van der Waals surface area contributed by atoms with Crippen molar-refractivity contribution < 1.29 is 23.8 Å². The second kappa shape index (κ2) is 16.0. The smallest absolute Gasteiger partial charge is 0.306 e. The standard InChI is InChI=1S/C33H40Cl2FN7O4/c1-21(32(45)46)3-6-41-9-11-43(12-10-41)33-38-18-28(19-39-33)47-31-30(36)25(15-29(40-31)24-13-26(34)16-27(35)14-24)20-42-7-4-23(5-8-42)17-37-22(2)44/h13-16,18-19,21,23H,3-12,17,20H2,1-2H3,(H,37,44)(H,45,46). The van der Waals surface area contributed by atoms with Crippen LogP contribution in [0.4, 0.5) is 10.3 Å². The van der Waals surface area contributed by atoms with E-state index >= 15 is 4.39 Å². The van der Waals surface area contributed by atoms with Crippen LogP contribution in [0.15, 0.2) is 36.7 Å². The Morgan fingerprint density at radius 2 is 1.68 bits per heavy atom. The van der Waals surface area contributed by atoms with E-state index in [4.69, 9.17) is 33.0 Å². The van der Waals surface area contributed by atoms with Crippen LogP contribution >= 0.6 is 23.2 Å². The highest BCUT2D eigenvalue weighted by molar-refractivity contribution is 6.35. The van der Waals surface area contributed by atoms with Crippen molar-refractivity contribution in [3.05, 3.63) is 58.1 Å². The number of piperazine rings is 1. The van der Waals surface area contributed by atoms with E-state index in [0.29, 0.717) is 71.3 Å². The molecule has 0 saturated carbocycles. The first kappa shape index (κ1) is 34.7. The maximum atomic E-state index is 16.0. The molecule has 2 N–H and O–H groups in total. The van der Waals surface area contributed by atoms with Gasteiger partial charge in [0.05, 0.1) is 24.0 Å². The number of ether oxygens (including phenoxy) is 1. The molecule has 0 aliphatic carbocycles. The average Bonchev–Trinajstić information content (AvgIpc) is 3.05. The molecule has 1 unspecified atom stereocenters. The number of carboxylic acid groups (broad SMARTS) is 1. The second-order valence-corrected chi connectivity index (χ2v) is 13.2. The predicted molar refractivity (Wildman–Crippen MR) is 179 cm³/mol. The van der Waals surface area contributed by atoms with E-state index in [1.54, 1.807) is 31.2 Å². The van der Waals surface area contributed by atoms with Crippen LogP contribution < -0.4 is 15.0 Å².